The maximum atomic E-state index is 6.19. The summed E-state index contributed by atoms with van der Waals surface area (Å²) in [5.41, 5.74) is 7.90. The lowest BCUT2D eigenvalue weighted by molar-refractivity contribution is 0.509. The third kappa shape index (κ3) is 5.05. The number of aromatic amines is 1. The zero-order chi connectivity index (χ0) is 27.0. The van der Waals surface area contributed by atoms with Crippen molar-refractivity contribution in [2.24, 2.45) is 5.41 Å². The first-order chi connectivity index (χ1) is 18.1. The Morgan fingerprint density at radius 3 is 2.58 bits per heavy atom. The number of hydrogen-bond donors (Lipinski definition) is 3. The number of anilines is 2. The van der Waals surface area contributed by atoms with Gasteiger partial charge in [-0.2, -0.15) is 0 Å². The molecule has 0 amide bonds. The van der Waals surface area contributed by atoms with Crippen LogP contribution >= 0.6 is 22.9 Å². The third-order valence-corrected chi connectivity index (χ3v) is 7.47. The van der Waals surface area contributed by atoms with Gasteiger partial charge in [0, 0.05) is 52.1 Å². The van der Waals surface area contributed by atoms with E-state index in [0.29, 0.717) is 22.7 Å². The maximum absolute atomic E-state index is 6.19. The Hall–Kier alpha value is -4.01. The number of pyridine rings is 3. The van der Waals surface area contributed by atoms with Crippen molar-refractivity contribution in [2.45, 2.75) is 20.8 Å². The van der Waals surface area contributed by atoms with E-state index >= 15 is 0 Å². The number of imidazole rings is 1. The topological polar surface area (TPSA) is 91.4 Å². The Labute approximate surface area is 230 Å². The molecule has 5 rings (SSSR count). The van der Waals surface area contributed by atoms with Crippen LogP contribution in [-0.4, -0.2) is 32.0 Å². The number of hydrogen-bond acceptors (Lipinski definition) is 7. The van der Waals surface area contributed by atoms with Crippen LogP contribution in [0.4, 0.5) is 11.4 Å². The molecule has 192 valence electrons. The number of allylic oxidation sites excluding steroid dienone is 1. The lowest BCUT2D eigenvalue weighted by atomic mass is 9.93. The summed E-state index contributed by atoms with van der Waals surface area (Å²) in [4.78, 5) is 23.0. The molecule has 9 heteroatoms. The summed E-state index contributed by atoms with van der Waals surface area (Å²) in [6, 6.07) is 11.8. The van der Waals surface area contributed by atoms with Gasteiger partial charge in [-0.1, -0.05) is 45.5 Å². The average molecular weight is 542 g/mol. The van der Waals surface area contributed by atoms with Crippen molar-refractivity contribution < 1.29 is 0 Å². The van der Waals surface area contributed by atoms with Crippen molar-refractivity contribution >= 4 is 51.0 Å². The van der Waals surface area contributed by atoms with Crippen LogP contribution in [0.3, 0.4) is 0 Å². The minimum atomic E-state index is -0.0787. The summed E-state index contributed by atoms with van der Waals surface area (Å²) in [5, 5.41) is 6.59. The van der Waals surface area contributed by atoms with Crippen LogP contribution in [0.1, 0.15) is 32.3 Å². The van der Waals surface area contributed by atoms with Gasteiger partial charge in [-0.25, -0.2) is 15.0 Å². The predicted octanol–water partition coefficient (Wildman–Crippen LogP) is 7.87. The number of nitrogens with zero attached hydrogens (tertiary/aromatic N) is 4. The number of aromatic nitrogens is 5. The normalized spacial score (nSPS) is 11.5. The number of fused-ring (bicyclic) bond motifs is 1. The van der Waals surface area contributed by atoms with E-state index in [9.17, 15) is 0 Å². The maximum Gasteiger partial charge on any atom is 0.178 e. The molecule has 0 radical (unpaired) electrons. The van der Waals surface area contributed by atoms with Gasteiger partial charge in [0.05, 0.1) is 38.8 Å². The smallest absolute Gasteiger partial charge is 0.178 e. The summed E-state index contributed by atoms with van der Waals surface area (Å²) in [5.74, 6) is 0.596. The lowest BCUT2D eigenvalue weighted by Gasteiger charge is -2.23. The predicted molar refractivity (Wildman–Crippen MR) is 160 cm³/mol. The number of nitrogens with one attached hydrogen (secondary N) is 3. The van der Waals surface area contributed by atoms with Crippen LogP contribution in [0.25, 0.3) is 38.4 Å². The fourth-order valence-electron chi connectivity index (χ4n) is 3.89. The quantitative estimate of drug-likeness (QED) is 0.194. The molecular weight excluding hydrogens is 514 g/mol. The number of thiophene rings is 1. The minimum absolute atomic E-state index is 0.0787. The van der Waals surface area contributed by atoms with Crippen molar-refractivity contribution in [2.75, 3.05) is 17.7 Å². The van der Waals surface area contributed by atoms with Crippen LogP contribution in [0, 0.1) is 5.41 Å². The first-order valence-electron chi connectivity index (χ1n) is 12.0. The molecule has 5 aromatic heterocycles. The first kappa shape index (κ1) is 25.6. The number of rotatable bonds is 7. The second-order valence-corrected chi connectivity index (χ2v) is 11.6. The van der Waals surface area contributed by atoms with Gasteiger partial charge < -0.3 is 15.6 Å². The summed E-state index contributed by atoms with van der Waals surface area (Å²) < 4.78 is 0.727. The molecular formula is C29H28ClN7S. The van der Waals surface area contributed by atoms with Crippen molar-refractivity contribution in [3.63, 3.8) is 0 Å². The molecule has 5 heterocycles. The molecule has 0 saturated carbocycles. The molecule has 38 heavy (non-hydrogen) atoms. The molecule has 0 bridgehead atoms. The van der Waals surface area contributed by atoms with Crippen molar-refractivity contribution in [1.29, 1.82) is 0 Å². The Bertz CT molecular complexity index is 1680. The fourth-order valence-corrected chi connectivity index (χ4v) is 4.97. The van der Waals surface area contributed by atoms with E-state index in [-0.39, 0.29) is 5.41 Å². The van der Waals surface area contributed by atoms with E-state index in [1.807, 2.05) is 43.4 Å². The van der Waals surface area contributed by atoms with Gasteiger partial charge in [-0.3, -0.25) is 4.98 Å². The van der Waals surface area contributed by atoms with Crippen molar-refractivity contribution in [3.05, 3.63) is 89.7 Å². The zero-order valence-corrected chi connectivity index (χ0v) is 23.3. The van der Waals surface area contributed by atoms with Crippen LogP contribution in [0.15, 0.2) is 73.8 Å². The van der Waals surface area contributed by atoms with E-state index in [0.717, 1.165) is 48.6 Å². The number of halogens is 1. The highest BCUT2D eigenvalue weighted by atomic mass is 35.5. The Morgan fingerprint density at radius 2 is 1.87 bits per heavy atom. The number of H-pyrrole nitrogens is 1. The monoisotopic (exact) mass is 541 g/mol. The van der Waals surface area contributed by atoms with Crippen molar-refractivity contribution in [1.82, 2.24) is 24.9 Å². The molecule has 0 aromatic carbocycles. The zero-order valence-electron chi connectivity index (χ0n) is 21.7. The van der Waals surface area contributed by atoms with Gasteiger partial charge in [-0.15, -0.1) is 11.3 Å². The molecule has 0 fully saturated rings. The highest BCUT2D eigenvalue weighted by Crippen LogP contribution is 2.36. The largest absolute Gasteiger partial charge is 0.386 e. The average Bonchev–Trinajstić information content (AvgIpc) is 3.53. The Balaban J connectivity index is 1.52. The molecule has 0 saturated heterocycles. The first-order valence-corrected chi connectivity index (χ1v) is 13.2. The molecule has 0 aliphatic heterocycles. The highest BCUT2D eigenvalue weighted by molar-refractivity contribution is 7.19. The lowest BCUT2D eigenvalue weighted by Crippen LogP contribution is -2.15. The van der Waals surface area contributed by atoms with E-state index in [4.69, 9.17) is 21.6 Å². The van der Waals surface area contributed by atoms with E-state index < -0.39 is 0 Å². The van der Waals surface area contributed by atoms with Gasteiger partial charge in [-0.05, 0) is 36.4 Å². The second kappa shape index (κ2) is 10.0. The van der Waals surface area contributed by atoms with E-state index in [1.54, 1.807) is 18.6 Å². The summed E-state index contributed by atoms with van der Waals surface area (Å²) in [7, 11) is 1.86. The Morgan fingerprint density at radius 1 is 1.05 bits per heavy atom. The standard InChI is InChI=1S/C29H28ClN7S/c1-16(27-36-26-20(11-12-33-28(26)37-27)23-9-10-24(30)38-23)25-22(31-6)8-7-21(35-25)18-13-19(15-32-14-18)34-17(2)29(3,4)5/h7-15,31,34H,1-2H2,3-6H3,(H,33,36,37). The third-order valence-electron chi connectivity index (χ3n) is 6.20. The van der Waals surface area contributed by atoms with E-state index in [1.165, 1.54) is 11.3 Å². The van der Waals surface area contributed by atoms with Gasteiger partial charge in [0.1, 0.15) is 5.82 Å². The molecule has 0 unspecified atom stereocenters. The summed E-state index contributed by atoms with van der Waals surface area (Å²) in [6.07, 6.45) is 5.32. The summed E-state index contributed by atoms with van der Waals surface area (Å²) in [6.45, 7) is 14.8. The fraction of sp³-hybridized carbons (Fsp3) is 0.172. The molecule has 0 aliphatic carbocycles. The van der Waals surface area contributed by atoms with E-state index in [2.05, 4.69) is 59.5 Å². The molecule has 0 aliphatic rings. The molecule has 3 N–H and O–H groups in total. The van der Waals surface area contributed by atoms with Crippen LogP contribution in [0.2, 0.25) is 4.34 Å². The highest BCUT2D eigenvalue weighted by Gasteiger charge is 2.19. The van der Waals surface area contributed by atoms with Gasteiger partial charge in [0.25, 0.3) is 0 Å². The second-order valence-electron chi connectivity index (χ2n) is 9.88. The minimum Gasteiger partial charge on any atom is -0.386 e. The molecule has 7 nitrogen and oxygen atoms in total. The molecule has 0 spiro atoms. The van der Waals surface area contributed by atoms with Gasteiger partial charge >= 0.3 is 0 Å². The SMILES string of the molecule is C=C(c1nc2nccc(-c3ccc(Cl)s3)c2[nH]1)c1nc(-c2cncc(NC(=C)C(C)(C)C)c2)ccc1NC. The van der Waals surface area contributed by atoms with Crippen LogP contribution in [-0.2, 0) is 0 Å². The summed E-state index contributed by atoms with van der Waals surface area (Å²) >= 11 is 7.70. The van der Waals surface area contributed by atoms with Gasteiger partial charge in [0.15, 0.2) is 5.65 Å². The van der Waals surface area contributed by atoms with Crippen molar-refractivity contribution in [3.8, 4) is 21.7 Å². The van der Waals surface area contributed by atoms with Gasteiger partial charge in [0.2, 0.25) is 0 Å². The molecule has 0 atom stereocenters. The van der Waals surface area contributed by atoms with Crippen LogP contribution < -0.4 is 10.6 Å². The molecule has 5 aromatic rings. The Kier molecular flexibility index (Phi) is 6.77. The van der Waals surface area contributed by atoms with Crippen LogP contribution in [0.5, 0.6) is 0 Å².